The Morgan fingerprint density at radius 3 is 2.48 bits per heavy atom. The molecule has 1 saturated carbocycles. The molecule has 21 heavy (non-hydrogen) atoms. The van der Waals surface area contributed by atoms with Crippen molar-refractivity contribution in [3.05, 3.63) is 30.1 Å². The van der Waals surface area contributed by atoms with Gasteiger partial charge >= 0.3 is 0 Å². The van der Waals surface area contributed by atoms with Gasteiger partial charge < -0.3 is 5.32 Å². The van der Waals surface area contributed by atoms with Crippen LogP contribution in [0.3, 0.4) is 0 Å². The molecule has 1 aromatic rings. The first-order chi connectivity index (χ1) is 10.1. The summed E-state index contributed by atoms with van der Waals surface area (Å²) in [5.41, 5.74) is 0.651. The number of nitrogens with one attached hydrogen (secondary N) is 1. The lowest BCUT2D eigenvalue weighted by atomic mass is 10.1. The van der Waals surface area contributed by atoms with E-state index in [0.29, 0.717) is 24.2 Å². The van der Waals surface area contributed by atoms with Crippen LogP contribution in [-0.4, -0.2) is 29.4 Å². The van der Waals surface area contributed by atoms with Crippen LogP contribution < -0.4 is 5.32 Å². The van der Waals surface area contributed by atoms with Crippen LogP contribution >= 0.6 is 0 Å². The molecule has 1 aliphatic carbocycles. The summed E-state index contributed by atoms with van der Waals surface area (Å²) >= 11 is 0. The number of halogens is 1. The average Bonchev–Trinajstić information content (AvgIpc) is 2.95. The number of carbonyl (C=O) groups is 1. The van der Waals surface area contributed by atoms with Gasteiger partial charge in [0.2, 0.25) is 5.91 Å². The highest BCUT2D eigenvalue weighted by Gasteiger charge is 2.24. The van der Waals surface area contributed by atoms with Crippen LogP contribution in [0.5, 0.6) is 0 Å². The van der Waals surface area contributed by atoms with Crippen molar-refractivity contribution in [3.8, 4) is 0 Å². The van der Waals surface area contributed by atoms with E-state index in [1.165, 1.54) is 37.8 Å². The maximum Gasteiger partial charge on any atom is 0.225 e. The normalized spacial score (nSPS) is 15.9. The first-order valence-electron chi connectivity index (χ1n) is 7.87. The fourth-order valence-electron chi connectivity index (χ4n) is 3.09. The van der Waals surface area contributed by atoms with Gasteiger partial charge in [-0.2, -0.15) is 0 Å². The molecule has 0 aliphatic heterocycles. The summed E-state index contributed by atoms with van der Waals surface area (Å²) in [6.07, 6.45) is 5.58. The summed E-state index contributed by atoms with van der Waals surface area (Å²) in [6, 6.07) is 6.98. The van der Waals surface area contributed by atoms with E-state index >= 15 is 0 Å². The van der Waals surface area contributed by atoms with Gasteiger partial charge in [0.15, 0.2) is 0 Å². The van der Waals surface area contributed by atoms with Crippen molar-refractivity contribution in [1.29, 1.82) is 0 Å². The molecule has 0 atom stereocenters. The van der Waals surface area contributed by atoms with Gasteiger partial charge in [-0.3, -0.25) is 9.69 Å². The van der Waals surface area contributed by atoms with Crippen LogP contribution in [0.15, 0.2) is 24.3 Å². The van der Waals surface area contributed by atoms with Gasteiger partial charge in [0.1, 0.15) is 5.82 Å². The Hall–Kier alpha value is -1.42. The first-order valence-corrected chi connectivity index (χ1v) is 7.87. The second-order valence-electron chi connectivity index (χ2n) is 6.07. The summed E-state index contributed by atoms with van der Waals surface area (Å²) in [5.74, 6) is -0.300. The minimum Gasteiger partial charge on any atom is -0.326 e. The summed E-state index contributed by atoms with van der Waals surface area (Å²) < 4.78 is 12.8. The molecule has 0 radical (unpaired) electrons. The number of nitrogens with zero attached hydrogens (tertiary/aromatic N) is 1. The lowest BCUT2D eigenvalue weighted by molar-refractivity contribution is -0.116. The topological polar surface area (TPSA) is 32.3 Å². The van der Waals surface area contributed by atoms with Crippen molar-refractivity contribution in [2.24, 2.45) is 0 Å². The average molecular weight is 292 g/mol. The molecule has 1 aliphatic rings. The molecule has 3 nitrogen and oxygen atoms in total. The van der Waals surface area contributed by atoms with E-state index < -0.39 is 0 Å². The Labute approximate surface area is 126 Å². The van der Waals surface area contributed by atoms with Gasteiger partial charge in [-0.1, -0.05) is 12.8 Å². The number of carbonyl (C=O) groups excluding carboxylic acids is 1. The van der Waals surface area contributed by atoms with E-state index in [2.05, 4.69) is 24.1 Å². The van der Waals surface area contributed by atoms with E-state index in [-0.39, 0.29) is 11.7 Å². The number of amides is 1. The molecule has 1 N–H and O–H groups in total. The molecule has 1 aromatic carbocycles. The van der Waals surface area contributed by atoms with Crippen LogP contribution in [-0.2, 0) is 4.79 Å². The third-order valence-corrected chi connectivity index (χ3v) is 4.18. The molecule has 1 fully saturated rings. The predicted molar refractivity (Wildman–Crippen MR) is 83.7 cm³/mol. The molecular formula is C17H25FN2O. The quantitative estimate of drug-likeness (QED) is 0.864. The molecule has 0 bridgehead atoms. The minimum atomic E-state index is -0.291. The standard InChI is InChI=1S/C17H25FN2O/c1-13(2)20(16-5-3-4-6-16)12-11-17(21)19-15-9-7-14(18)8-10-15/h7-10,13,16H,3-6,11-12H2,1-2H3,(H,19,21). The number of anilines is 1. The predicted octanol–water partition coefficient (Wildman–Crippen LogP) is 3.81. The van der Waals surface area contributed by atoms with Crippen molar-refractivity contribution in [2.45, 2.75) is 58.0 Å². The molecule has 0 heterocycles. The van der Waals surface area contributed by atoms with Gasteiger partial charge in [-0.25, -0.2) is 4.39 Å². The molecular weight excluding hydrogens is 267 g/mol. The summed E-state index contributed by atoms with van der Waals surface area (Å²) in [5, 5.41) is 2.82. The van der Waals surface area contributed by atoms with E-state index in [4.69, 9.17) is 0 Å². The third kappa shape index (κ3) is 4.81. The van der Waals surface area contributed by atoms with Gasteiger partial charge in [-0.15, -0.1) is 0 Å². The van der Waals surface area contributed by atoms with E-state index in [0.717, 1.165) is 6.54 Å². The van der Waals surface area contributed by atoms with Crippen LogP contribution in [0.25, 0.3) is 0 Å². The molecule has 0 spiro atoms. The Morgan fingerprint density at radius 2 is 1.90 bits per heavy atom. The number of benzene rings is 1. The van der Waals surface area contributed by atoms with E-state index in [9.17, 15) is 9.18 Å². The third-order valence-electron chi connectivity index (χ3n) is 4.18. The van der Waals surface area contributed by atoms with Crippen molar-refractivity contribution < 1.29 is 9.18 Å². The second kappa shape index (κ2) is 7.55. The molecule has 1 amide bonds. The summed E-state index contributed by atoms with van der Waals surface area (Å²) in [6.45, 7) is 5.17. The van der Waals surface area contributed by atoms with Crippen molar-refractivity contribution in [3.63, 3.8) is 0 Å². The lowest BCUT2D eigenvalue weighted by Gasteiger charge is -2.32. The number of rotatable bonds is 6. The van der Waals surface area contributed by atoms with Crippen LogP contribution in [0.2, 0.25) is 0 Å². The van der Waals surface area contributed by atoms with Crippen molar-refractivity contribution >= 4 is 11.6 Å². The van der Waals surface area contributed by atoms with Gasteiger partial charge in [-0.05, 0) is 51.0 Å². The van der Waals surface area contributed by atoms with Gasteiger partial charge in [0.05, 0.1) is 0 Å². The largest absolute Gasteiger partial charge is 0.326 e. The highest BCUT2D eigenvalue weighted by Crippen LogP contribution is 2.25. The SMILES string of the molecule is CC(C)N(CCC(=O)Nc1ccc(F)cc1)C1CCCC1. The summed E-state index contributed by atoms with van der Waals surface area (Å²) in [7, 11) is 0. The smallest absolute Gasteiger partial charge is 0.225 e. The Balaban J connectivity index is 1.82. The van der Waals surface area contributed by atoms with Crippen LogP contribution in [0.4, 0.5) is 10.1 Å². The maximum absolute atomic E-state index is 12.8. The lowest BCUT2D eigenvalue weighted by Crippen LogP contribution is -2.40. The first kappa shape index (κ1) is 16.0. The second-order valence-corrected chi connectivity index (χ2v) is 6.07. The maximum atomic E-state index is 12.8. The molecule has 116 valence electrons. The molecule has 4 heteroatoms. The zero-order chi connectivity index (χ0) is 15.2. The Morgan fingerprint density at radius 1 is 1.29 bits per heavy atom. The van der Waals surface area contributed by atoms with Gasteiger partial charge in [0.25, 0.3) is 0 Å². The fraction of sp³-hybridized carbons (Fsp3) is 0.588. The number of hydrogen-bond acceptors (Lipinski definition) is 2. The Bertz CT molecular complexity index is 452. The van der Waals surface area contributed by atoms with Crippen molar-refractivity contribution in [2.75, 3.05) is 11.9 Å². The van der Waals surface area contributed by atoms with E-state index in [1.54, 1.807) is 12.1 Å². The number of hydrogen-bond donors (Lipinski definition) is 1. The highest BCUT2D eigenvalue weighted by molar-refractivity contribution is 5.90. The van der Waals surface area contributed by atoms with Crippen LogP contribution in [0, 0.1) is 5.82 Å². The zero-order valence-electron chi connectivity index (χ0n) is 12.9. The summed E-state index contributed by atoms with van der Waals surface area (Å²) in [4.78, 5) is 14.4. The zero-order valence-corrected chi connectivity index (χ0v) is 12.9. The molecule has 0 aromatic heterocycles. The van der Waals surface area contributed by atoms with E-state index in [1.807, 2.05) is 0 Å². The molecule has 2 rings (SSSR count). The van der Waals surface area contributed by atoms with Crippen molar-refractivity contribution in [1.82, 2.24) is 4.90 Å². The minimum absolute atomic E-state index is 0.00902. The highest BCUT2D eigenvalue weighted by atomic mass is 19.1. The Kier molecular flexibility index (Phi) is 5.74. The van der Waals surface area contributed by atoms with Gasteiger partial charge in [0, 0.05) is 30.7 Å². The van der Waals surface area contributed by atoms with Crippen LogP contribution in [0.1, 0.15) is 46.0 Å². The molecule has 0 saturated heterocycles. The monoisotopic (exact) mass is 292 g/mol. The molecule has 0 unspecified atom stereocenters. The fourth-order valence-corrected chi connectivity index (χ4v) is 3.09.